The van der Waals surface area contributed by atoms with Gasteiger partial charge >= 0.3 is 17.9 Å². The second-order valence-corrected chi connectivity index (χ2v) is 15.9. The number of hydrogen-bond donors (Lipinski definition) is 6. The Morgan fingerprint density at radius 3 is 2.13 bits per heavy atom. The van der Waals surface area contributed by atoms with Gasteiger partial charge in [-0.2, -0.15) is 0 Å². The van der Waals surface area contributed by atoms with Gasteiger partial charge in [0, 0.05) is 81.8 Å². The number of H-pyrrole nitrogens is 2. The molecule has 18 nitrogen and oxygen atoms in total. The highest BCUT2D eigenvalue weighted by Crippen LogP contribution is 2.48. The summed E-state index contributed by atoms with van der Waals surface area (Å²) in [6.45, 7) is 12.2. The lowest BCUT2D eigenvalue weighted by Crippen LogP contribution is -2.57. The number of aryl methyl sites for hydroxylation is 2. The molecule has 0 radical (unpaired) electrons. The van der Waals surface area contributed by atoms with Crippen molar-refractivity contribution < 1.29 is 58.4 Å². The van der Waals surface area contributed by atoms with Crippen LogP contribution in [0.1, 0.15) is 150 Å². The maximum atomic E-state index is 14.3. The molecule has 0 spiro atoms. The highest BCUT2D eigenvalue weighted by molar-refractivity contribution is 6.23. The number of carboxylic acids is 1. The number of aromatic nitrogens is 4. The van der Waals surface area contributed by atoms with Crippen molar-refractivity contribution >= 4 is 63.4 Å². The molecule has 0 fully saturated rings. The SMILES string of the molecule is CC[C@H]1c2cc3[nH]c4c(c3C)C(=O)C(C(=O)OC)c4c3nc(cc4[nH]c(cc(n2)[C@@H]1C)c(C(C)=O)c4C)[C@@H](C)[C@@H]3CCC(=O)N[C@@H](CC(=O)N[N+](C)(O)OC(C)=O)C(=O)O. The Bertz CT molecular complexity index is 2520. The number of amides is 2. The summed E-state index contributed by atoms with van der Waals surface area (Å²) < 4.78 is 5.17. The van der Waals surface area contributed by atoms with Crippen LogP contribution in [0.4, 0.5) is 0 Å². The molecular weight excluding hydrogens is 779 g/mol. The van der Waals surface area contributed by atoms with Gasteiger partial charge in [0.25, 0.3) is 5.91 Å². The molecule has 2 amide bonds. The van der Waals surface area contributed by atoms with Crippen LogP contribution in [0.5, 0.6) is 0 Å². The van der Waals surface area contributed by atoms with Crippen LogP contribution in [0.3, 0.4) is 0 Å². The first-order valence-electron chi connectivity index (χ1n) is 19.7. The molecule has 1 aliphatic carbocycles. The number of fused-ring (bicyclic) bond motifs is 8. The zero-order chi connectivity index (χ0) is 44.1. The Morgan fingerprint density at radius 1 is 0.900 bits per heavy atom. The molecule has 3 aromatic heterocycles. The normalized spacial score (nSPS) is 20.8. The summed E-state index contributed by atoms with van der Waals surface area (Å²) in [5, 5.41) is 22.3. The average molecular weight is 829 g/mol. The average Bonchev–Trinajstić information content (AvgIpc) is 3.89. The number of carbonyl (C=O) groups is 7. The van der Waals surface area contributed by atoms with Crippen molar-refractivity contribution in [2.75, 3.05) is 14.2 Å². The lowest BCUT2D eigenvalue weighted by Gasteiger charge is -2.22. The van der Waals surface area contributed by atoms with E-state index in [9.17, 15) is 43.9 Å². The fourth-order valence-electron chi connectivity index (χ4n) is 8.82. The highest BCUT2D eigenvalue weighted by atomic mass is 17.0. The molecule has 6 rings (SSSR count). The zero-order valence-electron chi connectivity index (χ0n) is 34.9. The second kappa shape index (κ2) is 16.4. The minimum Gasteiger partial charge on any atom is -0.480 e. The molecule has 7 atom stereocenters. The fourth-order valence-corrected chi connectivity index (χ4v) is 8.82. The van der Waals surface area contributed by atoms with Gasteiger partial charge < -0.3 is 25.1 Å². The Hall–Kier alpha value is -6.27. The molecule has 60 heavy (non-hydrogen) atoms. The first-order valence-corrected chi connectivity index (χ1v) is 19.7. The third kappa shape index (κ3) is 8.03. The van der Waals surface area contributed by atoms with Crippen molar-refractivity contribution in [3.8, 4) is 0 Å². The van der Waals surface area contributed by atoms with Crippen molar-refractivity contribution in [1.29, 1.82) is 0 Å². The number of rotatable bonds is 12. The minimum atomic E-state index is -1.72. The van der Waals surface area contributed by atoms with Gasteiger partial charge in [0.2, 0.25) is 5.91 Å². The van der Waals surface area contributed by atoms with E-state index in [4.69, 9.17) is 14.7 Å². The summed E-state index contributed by atoms with van der Waals surface area (Å²) in [6, 6.07) is 3.92. The smallest absolute Gasteiger partial charge is 0.371 e. The van der Waals surface area contributed by atoms with Crippen LogP contribution in [0.25, 0.3) is 22.1 Å². The van der Waals surface area contributed by atoms with Crippen molar-refractivity contribution in [1.82, 2.24) is 30.7 Å². The third-order valence-corrected chi connectivity index (χ3v) is 11.8. The number of hydrogen-bond acceptors (Lipinski definition) is 12. The first-order chi connectivity index (χ1) is 28.2. The van der Waals surface area contributed by atoms with Crippen molar-refractivity contribution in [3.63, 3.8) is 0 Å². The molecule has 8 bridgehead atoms. The summed E-state index contributed by atoms with van der Waals surface area (Å²) in [4.78, 5) is 110. The van der Waals surface area contributed by atoms with Gasteiger partial charge in [-0.15, -0.1) is 10.6 Å². The maximum absolute atomic E-state index is 14.3. The molecule has 0 saturated carbocycles. The van der Waals surface area contributed by atoms with Gasteiger partial charge in [0.05, 0.1) is 35.2 Å². The van der Waals surface area contributed by atoms with E-state index < -0.39 is 70.6 Å². The summed E-state index contributed by atoms with van der Waals surface area (Å²) in [5.74, 6) is -8.00. The molecule has 0 aromatic carbocycles. The molecular formula is C42H50N7O11+. The first kappa shape index (κ1) is 43.3. The van der Waals surface area contributed by atoms with E-state index in [2.05, 4.69) is 34.0 Å². The number of aliphatic carboxylic acids is 1. The van der Waals surface area contributed by atoms with Gasteiger partial charge in [-0.3, -0.25) is 33.9 Å². The fraction of sp³-hybridized carbons (Fsp3) is 0.452. The molecule has 3 aliphatic rings. The van der Waals surface area contributed by atoms with Crippen molar-refractivity contribution in [2.45, 2.75) is 110 Å². The molecule has 0 saturated heterocycles. The lowest BCUT2D eigenvalue weighted by molar-refractivity contribution is -1.25. The molecule has 5 heterocycles. The number of ketones is 2. The summed E-state index contributed by atoms with van der Waals surface area (Å²) in [7, 11) is 2.11. The largest absolute Gasteiger partial charge is 0.480 e. The van der Waals surface area contributed by atoms with Crippen LogP contribution < -0.4 is 10.7 Å². The van der Waals surface area contributed by atoms with Crippen LogP contribution in [0.15, 0.2) is 18.2 Å². The Morgan fingerprint density at radius 2 is 1.52 bits per heavy atom. The molecule has 318 valence electrons. The van der Waals surface area contributed by atoms with Crippen LogP contribution >= 0.6 is 0 Å². The number of ether oxygens (including phenoxy) is 1. The number of carboxylic acid groups (broad SMARTS) is 1. The van der Waals surface area contributed by atoms with Crippen molar-refractivity contribution in [2.24, 2.45) is 0 Å². The number of quaternary nitrogens is 1. The van der Waals surface area contributed by atoms with E-state index in [1.807, 2.05) is 37.5 Å². The third-order valence-electron chi connectivity index (χ3n) is 11.8. The van der Waals surface area contributed by atoms with E-state index >= 15 is 0 Å². The summed E-state index contributed by atoms with van der Waals surface area (Å²) in [6.07, 6.45) is -0.244. The number of aromatic amines is 2. The maximum Gasteiger partial charge on any atom is 0.371 e. The zero-order valence-corrected chi connectivity index (χ0v) is 34.9. The quantitative estimate of drug-likeness (QED) is 0.0469. The van der Waals surface area contributed by atoms with Crippen LogP contribution in [0.2, 0.25) is 0 Å². The van der Waals surface area contributed by atoms with Gasteiger partial charge in [-0.25, -0.2) is 14.4 Å². The van der Waals surface area contributed by atoms with E-state index in [0.717, 1.165) is 31.8 Å². The van der Waals surface area contributed by atoms with E-state index in [1.165, 1.54) is 14.0 Å². The molecule has 18 heteroatoms. The van der Waals surface area contributed by atoms with Crippen molar-refractivity contribution in [3.05, 3.63) is 68.8 Å². The number of Topliss-reactive ketones (excluding diaryl/α,β-unsaturated/α-hetero) is 2. The van der Waals surface area contributed by atoms with Gasteiger partial charge in [-0.05, 0) is 62.9 Å². The molecule has 2 aliphatic heterocycles. The predicted octanol–water partition coefficient (Wildman–Crippen LogP) is 4.86. The van der Waals surface area contributed by atoms with Gasteiger partial charge in [0.15, 0.2) is 18.6 Å². The topological polar surface area (TPSA) is 260 Å². The number of hydroxylamine groups is 2. The Balaban J connectivity index is 1.50. The summed E-state index contributed by atoms with van der Waals surface area (Å²) >= 11 is 0. The summed E-state index contributed by atoms with van der Waals surface area (Å²) in [5.41, 5.74) is 9.09. The standard InChI is InChI=1S/C42H49N7O11/c1-10-23-17(2)25-15-30-34(21(6)50)19(4)27(44-30)13-26-18(3)24(11-12-32(52)45-31(41(55)56)16-33(53)48-49(8,58)60-22(7)51)38(46-26)36-37(42(57)59-9)40(54)35-20(5)28(47-39(35)36)14-29(23)43-25/h13-15,17-18,23-24,31,37,58H,10-12,16H2,1-9H3,(H4-,43,44,45,46,47,48,50,52,53,54,55,56)/p+1/t17-,18+,23-,24+,31+,37?,49?/m1/s1. The molecule has 3 aromatic rings. The highest BCUT2D eigenvalue weighted by Gasteiger charge is 2.45. The molecule has 2 unspecified atom stereocenters. The number of nitrogens with one attached hydrogen (secondary N) is 4. The predicted molar refractivity (Wildman–Crippen MR) is 213 cm³/mol. The van der Waals surface area contributed by atoms with Crippen LogP contribution in [-0.4, -0.2) is 96.7 Å². The number of nitrogens with zero attached hydrogens (tertiary/aromatic N) is 3. The van der Waals surface area contributed by atoms with Gasteiger partial charge in [0.1, 0.15) is 12.0 Å². The van der Waals surface area contributed by atoms with E-state index in [-0.39, 0.29) is 30.5 Å². The number of carbonyl (C=O) groups excluding carboxylic acids is 6. The van der Waals surface area contributed by atoms with Crippen LogP contribution in [0, 0.1) is 13.8 Å². The van der Waals surface area contributed by atoms with E-state index in [1.54, 1.807) is 6.92 Å². The Labute approximate surface area is 344 Å². The lowest BCUT2D eigenvalue weighted by atomic mass is 9.83. The second-order valence-electron chi connectivity index (χ2n) is 15.9. The number of esters is 1. The molecule has 6 N–H and O–H groups in total. The minimum absolute atomic E-state index is 0.0159. The van der Waals surface area contributed by atoms with E-state index in [0.29, 0.717) is 61.3 Å². The van der Waals surface area contributed by atoms with Gasteiger partial charge in [-0.1, -0.05) is 20.8 Å². The Kier molecular flexibility index (Phi) is 11.8. The van der Waals surface area contributed by atoms with Crippen LogP contribution in [-0.2, 0) is 33.5 Å². The number of methoxy groups -OCH3 is 1. The monoisotopic (exact) mass is 828 g/mol.